The van der Waals surface area contributed by atoms with Gasteiger partial charge in [-0.2, -0.15) is 0 Å². The fraction of sp³-hybridized carbons (Fsp3) is 0.263. The largest absolute Gasteiger partial charge is 0.478 e. The number of carboxylic acid groups (broad SMARTS) is 1. The van der Waals surface area contributed by atoms with Crippen LogP contribution in [0.15, 0.2) is 54.6 Å². The Morgan fingerprint density at radius 1 is 1.04 bits per heavy atom. The predicted molar refractivity (Wildman–Crippen MR) is 94.4 cm³/mol. The molecule has 0 aliphatic rings. The summed E-state index contributed by atoms with van der Waals surface area (Å²) in [5.74, 6) is -0.975. The van der Waals surface area contributed by atoms with Crippen molar-refractivity contribution >= 4 is 12.0 Å². The molecule has 0 radical (unpaired) electrons. The minimum atomic E-state index is -0.975. The van der Waals surface area contributed by atoms with E-state index in [1.165, 1.54) is 12.1 Å². The first-order valence-corrected chi connectivity index (χ1v) is 7.89. The SMILES string of the molecule is COC(C)(CNC(=O)NCc1ccc(C(=O)O)cc1)c1ccccc1. The molecule has 3 N–H and O–H groups in total. The molecule has 0 fully saturated rings. The van der Waals surface area contributed by atoms with Crippen molar-refractivity contribution in [1.29, 1.82) is 0 Å². The van der Waals surface area contributed by atoms with Gasteiger partial charge in [-0.15, -0.1) is 0 Å². The van der Waals surface area contributed by atoms with Crippen molar-refractivity contribution in [3.63, 3.8) is 0 Å². The lowest BCUT2D eigenvalue weighted by Crippen LogP contribution is -2.44. The zero-order chi connectivity index (χ0) is 18.3. The summed E-state index contributed by atoms with van der Waals surface area (Å²) in [5, 5.41) is 14.4. The summed E-state index contributed by atoms with van der Waals surface area (Å²) >= 11 is 0. The number of carboxylic acids is 1. The van der Waals surface area contributed by atoms with Crippen molar-refractivity contribution in [3.05, 3.63) is 71.3 Å². The highest BCUT2D eigenvalue weighted by atomic mass is 16.5. The van der Waals surface area contributed by atoms with Crippen LogP contribution in [0.5, 0.6) is 0 Å². The third-order valence-electron chi connectivity index (χ3n) is 4.08. The lowest BCUT2D eigenvalue weighted by Gasteiger charge is -2.29. The number of hydrogen-bond donors (Lipinski definition) is 3. The minimum Gasteiger partial charge on any atom is -0.478 e. The monoisotopic (exact) mass is 342 g/mol. The summed E-state index contributed by atoms with van der Waals surface area (Å²) in [6.45, 7) is 2.53. The van der Waals surface area contributed by atoms with E-state index in [-0.39, 0.29) is 11.6 Å². The van der Waals surface area contributed by atoms with Gasteiger partial charge in [-0.05, 0) is 30.2 Å². The Bertz CT molecular complexity index is 716. The highest BCUT2D eigenvalue weighted by molar-refractivity contribution is 5.87. The molecule has 2 rings (SSSR count). The topological polar surface area (TPSA) is 87.7 Å². The fourth-order valence-corrected chi connectivity index (χ4v) is 2.34. The Balaban J connectivity index is 1.86. The number of rotatable bonds is 7. The van der Waals surface area contributed by atoms with Gasteiger partial charge < -0.3 is 20.5 Å². The van der Waals surface area contributed by atoms with Crippen LogP contribution in [0.1, 0.15) is 28.4 Å². The Labute approximate surface area is 146 Å². The van der Waals surface area contributed by atoms with Crippen molar-refractivity contribution in [2.75, 3.05) is 13.7 Å². The third-order valence-corrected chi connectivity index (χ3v) is 4.08. The summed E-state index contributed by atoms with van der Waals surface area (Å²) in [6, 6.07) is 15.7. The fourth-order valence-electron chi connectivity index (χ4n) is 2.34. The lowest BCUT2D eigenvalue weighted by atomic mass is 9.96. The summed E-state index contributed by atoms with van der Waals surface area (Å²) < 4.78 is 5.57. The number of amides is 2. The van der Waals surface area contributed by atoms with Gasteiger partial charge in [0.2, 0.25) is 0 Å². The van der Waals surface area contributed by atoms with Crippen LogP contribution >= 0.6 is 0 Å². The standard InChI is InChI=1S/C19H22N2O4/c1-19(25-2,16-6-4-3-5-7-16)13-21-18(24)20-12-14-8-10-15(11-9-14)17(22)23/h3-11H,12-13H2,1-2H3,(H,22,23)(H2,20,21,24). The number of nitrogens with one attached hydrogen (secondary N) is 2. The van der Waals surface area contributed by atoms with E-state index >= 15 is 0 Å². The number of urea groups is 1. The zero-order valence-electron chi connectivity index (χ0n) is 14.3. The smallest absolute Gasteiger partial charge is 0.335 e. The molecule has 0 aliphatic heterocycles. The van der Waals surface area contributed by atoms with E-state index in [0.717, 1.165) is 11.1 Å². The van der Waals surface area contributed by atoms with E-state index < -0.39 is 11.6 Å². The number of aromatic carboxylic acids is 1. The maximum Gasteiger partial charge on any atom is 0.335 e. The molecule has 0 heterocycles. The van der Waals surface area contributed by atoms with E-state index in [2.05, 4.69) is 10.6 Å². The molecule has 6 heteroatoms. The molecule has 0 spiro atoms. The normalized spacial score (nSPS) is 12.9. The number of ether oxygens (including phenoxy) is 1. The average Bonchev–Trinajstić information content (AvgIpc) is 2.65. The molecule has 132 valence electrons. The molecule has 0 bridgehead atoms. The Morgan fingerprint density at radius 2 is 1.68 bits per heavy atom. The summed E-state index contributed by atoms with van der Waals surface area (Å²) in [4.78, 5) is 22.8. The first-order valence-electron chi connectivity index (χ1n) is 7.89. The molecular weight excluding hydrogens is 320 g/mol. The highest BCUT2D eigenvalue weighted by Crippen LogP contribution is 2.23. The Kier molecular flexibility index (Phi) is 6.14. The van der Waals surface area contributed by atoms with Crippen LogP contribution in [0.2, 0.25) is 0 Å². The maximum atomic E-state index is 12.0. The molecule has 2 aromatic rings. The van der Waals surface area contributed by atoms with Crippen molar-refractivity contribution < 1.29 is 19.4 Å². The molecule has 25 heavy (non-hydrogen) atoms. The van der Waals surface area contributed by atoms with Gasteiger partial charge in [0.1, 0.15) is 5.60 Å². The van der Waals surface area contributed by atoms with Crippen molar-refractivity contribution in [3.8, 4) is 0 Å². The number of methoxy groups -OCH3 is 1. The van der Waals surface area contributed by atoms with Crippen LogP contribution in [-0.4, -0.2) is 30.8 Å². The van der Waals surface area contributed by atoms with Crippen LogP contribution in [0, 0.1) is 0 Å². The first kappa shape index (κ1) is 18.5. The molecule has 0 aliphatic carbocycles. The minimum absolute atomic E-state index is 0.215. The number of carbonyl (C=O) groups is 2. The molecule has 6 nitrogen and oxygen atoms in total. The molecule has 1 atom stereocenters. The second-order valence-corrected chi connectivity index (χ2v) is 5.84. The van der Waals surface area contributed by atoms with E-state index in [1.807, 2.05) is 37.3 Å². The van der Waals surface area contributed by atoms with Crippen molar-refractivity contribution in [2.24, 2.45) is 0 Å². The number of hydrogen-bond acceptors (Lipinski definition) is 3. The molecule has 0 saturated heterocycles. The van der Waals surface area contributed by atoms with Gasteiger partial charge in [-0.25, -0.2) is 9.59 Å². The van der Waals surface area contributed by atoms with Crippen molar-refractivity contribution in [1.82, 2.24) is 10.6 Å². The van der Waals surface area contributed by atoms with E-state index in [1.54, 1.807) is 19.2 Å². The maximum absolute atomic E-state index is 12.0. The summed E-state index contributed by atoms with van der Waals surface area (Å²) in [5.41, 5.74) is 1.38. The molecule has 0 aromatic heterocycles. The van der Waals surface area contributed by atoms with Gasteiger partial charge >= 0.3 is 12.0 Å². The van der Waals surface area contributed by atoms with E-state index in [9.17, 15) is 9.59 Å². The average molecular weight is 342 g/mol. The molecule has 1 unspecified atom stereocenters. The van der Waals surface area contributed by atoms with Crippen LogP contribution < -0.4 is 10.6 Å². The predicted octanol–water partition coefficient (Wildman–Crippen LogP) is 2.75. The second-order valence-electron chi connectivity index (χ2n) is 5.84. The van der Waals surface area contributed by atoms with Gasteiger partial charge in [0.15, 0.2) is 0 Å². The van der Waals surface area contributed by atoms with Crippen LogP contribution in [-0.2, 0) is 16.9 Å². The van der Waals surface area contributed by atoms with Gasteiger partial charge in [0, 0.05) is 13.7 Å². The zero-order valence-corrected chi connectivity index (χ0v) is 14.3. The second kappa shape index (κ2) is 8.30. The quantitative estimate of drug-likeness (QED) is 0.722. The van der Waals surface area contributed by atoms with Crippen LogP contribution in [0.4, 0.5) is 4.79 Å². The lowest BCUT2D eigenvalue weighted by molar-refractivity contribution is 0.00487. The molecule has 2 amide bonds. The Morgan fingerprint density at radius 3 is 2.24 bits per heavy atom. The summed E-state index contributed by atoms with van der Waals surface area (Å²) in [6.07, 6.45) is 0. The number of carbonyl (C=O) groups excluding carboxylic acids is 1. The van der Waals surface area contributed by atoms with Gasteiger partial charge in [-0.1, -0.05) is 42.5 Å². The summed E-state index contributed by atoms with van der Waals surface area (Å²) in [7, 11) is 1.61. The molecular formula is C19H22N2O4. The van der Waals surface area contributed by atoms with Gasteiger partial charge in [0.25, 0.3) is 0 Å². The Hall–Kier alpha value is -2.86. The van der Waals surface area contributed by atoms with Crippen LogP contribution in [0.25, 0.3) is 0 Å². The number of benzene rings is 2. The molecule has 2 aromatic carbocycles. The van der Waals surface area contributed by atoms with E-state index in [4.69, 9.17) is 9.84 Å². The van der Waals surface area contributed by atoms with Crippen LogP contribution in [0.3, 0.4) is 0 Å². The van der Waals surface area contributed by atoms with E-state index in [0.29, 0.717) is 13.1 Å². The van der Waals surface area contributed by atoms with Gasteiger partial charge in [0.05, 0.1) is 12.1 Å². The first-order chi connectivity index (χ1) is 11.9. The highest BCUT2D eigenvalue weighted by Gasteiger charge is 2.26. The van der Waals surface area contributed by atoms with Crippen molar-refractivity contribution in [2.45, 2.75) is 19.1 Å². The molecule has 0 saturated carbocycles. The third kappa shape index (κ3) is 5.06. The van der Waals surface area contributed by atoms with Gasteiger partial charge in [-0.3, -0.25) is 0 Å².